The van der Waals surface area contributed by atoms with Crippen LogP contribution in [0, 0.1) is 0 Å². The maximum Gasteiger partial charge on any atom is 0.405 e. The highest BCUT2D eigenvalue weighted by atomic mass is 35.5. The summed E-state index contributed by atoms with van der Waals surface area (Å²) in [7, 11) is 1.52. The van der Waals surface area contributed by atoms with E-state index in [1.54, 1.807) is 0 Å². The third-order valence-electron chi connectivity index (χ3n) is 4.36. The molecule has 25 heavy (non-hydrogen) atoms. The van der Waals surface area contributed by atoms with E-state index in [0.29, 0.717) is 6.41 Å². The molecule has 3 aromatic rings. The Kier molecular flexibility index (Phi) is 3.14. The van der Waals surface area contributed by atoms with Gasteiger partial charge in [0.1, 0.15) is 0 Å². The molecule has 1 aliphatic heterocycles. The minimum Gasteiger partial charge on any atom is -0.310 e. The number of carbonyl (C=O) groups is 1. The third-order valence-corrected chi connectivity index (χ3v) is 4.55. The summed E-state index contributed by atoms with van der Waals surface area (Å²) in [6, 6.07) is 1.36. The molecule has 4 rings (SSSR count). The van der Waals surface area contributed by atoms with Crippen LogP contribution in [-0.4, -0.2) is 43.5 Å². The van der Waals surface area contributed by atoms with Gasteiger partial charge in [-0.15, -0.1) is 0 Å². The Morgan fingerprint density at radius 1 is 1.36 bits per heavy atom. The predicted molar refractivity (Wildman–Crippen MR) is 81.5 cm³/mol. The van der Waals surface area contributed by atoms with Crippen molar-refractivity contribution in [3.8, 4) is 0 Å². The van der Waals surface area contributed by atoms with Gasteiger partial charge in [-0.3, -0.25) is 9.48 Å². The Balaban J connectivity index is 2.15. The van der Waals surface area contributed by atoms with Gasteiger partial charge in [-0.2, -0.15) is 23.4 Å². The van der Waals surface area contributed by atoms with E-state index in [0.717, 1.165) is 15.6 Å². The van der Waals surface area contributed by atoms with E-state index in [9.17, 15) is 18.0 Å². The molecule has 11 heteroatoms. The second-order valence-corrected chi connectivity index (χ2v) is 6.16. The zero-order valence-electron chi connectivity index (χ0n) is 12.7. The summed E-state index contributed by atoms with van der Waals surface area (Å²) in [5.41, 5.74) is -2.60. The number of rotatable bonds is 2. The largest absolute Gasteiger partial charge is 0.405 e. The fourth-order valence-electron chi connectivity index (χ4n) is 3.27. The first-order chi connectivity index (χ1) is 11.8. The standard InChI is InChI=1S/C14H10ClF3N6O/c1-22-5-8(3-20-22)13(14(16,17)18)6-23(7-25)9-4-19-11-2-10(15)21-24(11)12(9)13/h2-5,7H,6H2,1H3. The van der Waals surface area contributed by atoms with E-state index in [1.807, 2.05) is 0 Å². The molecule has 0 radical (unpaired) electrons. The number of nitrogens with zero attached hydrogens (tertiary/aromatic N) is 6. The van der Waals surface area contributed by atoms with Crippen LogP contribution in [0.5, 0.6) is 0 Å². The maximum atomic E-state index is 14.4. The summed E-state index contributed by atoms with van der Waals surface area (Å²) in [6.45, 7) is -0.626. The fraction of sp³-hybridized carbons (Fsp3) is 0.286. The van der Waals surface area contributed by atoms with Crippen molar-refractivity contribution in [1.29, 1.82) is 0 Å². The Bertz CT molecular complexity index is 996. The summed E-state index contributed by atoms with van der Waals surface area (Å²) >= 11 is 5.86. The van der Waals surface area contributed by atoms with Gasteiger partial charge in [-0.05, 0) is 0 Å². The van der Waals surface area contributed by atoms with Crippen LogP contribution < -0.4 is 4.90 Å². The number of alkyl halides is 3. The van der Waals surface area contributed by atoms with Crippen molar-refractivity contribution < 1.29 is 18.0 Å². The van der Waals surface area contributed by atoms with E-state index in [-0.39, 0.29) is 27.7 Å². The summed E-state index contributed by atoms with van der Waals surface area (Å²) < 4.78 is 45.4. The Labute approximate surface area is 143 Å². The van der Waals surface area contributed by atoms with Crippen molar-refractivity contribution >= 4 is 29.3 Å². The summed E-state index contributed by atoms with van der Waals surface area (Å²) in [4.78, 5) is 16.4. The van der Waals surface area contributed by atoms with E-state index < -0.39 is 18.1 Å². The van der Waals surface area contributed by atoms with Crippen LogP contribution in [-0.2, 0) is 17.3 Å². The number of aryl methyl sites for hydroxylation is 1. The molecule has 0 saturated heterocycles. The first-order valence-electron chi connectivity index (χ1n) is 7.10. The molecule has 7 nitrogen and oxygen atoms in total. The molecule has 0 bridgehead atoms. The van der Waals surface area contributed by atoms with Gasteiger partial charge in [0, 0.05) is 24.9 Å². The summed E-state index contributed by atoms with van der Waals surface area (Å²) in [5.74, 6) is 0. The van der Waals surface area contributed by atoms with Crippen LogP contribution in [0.2, 0.25) is 5.15 Å². The Hall–Kier alpha value is -2.62. The molecule has 4 heterocycles. The smallest absolute Gasteiger partial charge is 0.310 e. The lowest BCUT2D eigenvalue weighted by molar-refractivity contribution is -0.174. The number of aromatic nitrogens is 5. The van der Waals surface area contributed by atoms with Gasteiger partial charge in [0.25, 0.3) is 0 Å². The SMILES string of the molecule is Cn1cc(C2(C(F)(F)F)CN(C=O)c3cnc4cc(Cl)nn4c32)cn1. The first-order valence-corrected chi connectivity index (χ1v) is 7.48. The molecule has 0 spiro atoms. The average molecular weight is 371 g/mol. The quantitative estimate of drug-likeness (QED) is 0.647. The van der Waals surface area contributed by atoms with Gasteiger partial charge in [-0.25, -0.2) is 9.50 Å². The van der Waals surface area contributed by atoms with Crippen LogP contribution in [0.4, 0.5) is 18.9 Å². The molecule has 130 valence electrons. The van der Waals surface area contributed by atoms with Gasteiger partial charge in [-0.1, -0.05) is 11.6 Å². The van der Waals surface area contributed by atoms with Crippen LogP contribution in [0.3, 0.4) is 0 Å². The fourth-order valence-corrected chi connectivity index (χ4v) is 3.45. The number of fused-ring (bicyclic) bond motifs is 3. The molecule has 0 N–H and O–H groups in total. The van der Waals surface area contributed by atoms with Crippen molar-refractivity contribution in [3.63, 3.8) is 0 Å². The number of hydrogen-bond acceptors (Lipinski definition) is 4. The highest BCUT2D eigenvalue weighted by Crippen LogP contribution is 2.53. The highest BCUT2D eigenvalue weighted by Gasteiger charge is 2.64. The Morgan fingerprint density at radius 3 is 2.72 bits per heavy atom. The lowest BCUT2D eigenvalue weighted by Gasteiger charge is -2.31. The van der Waals surface area contributed by atoms with Crippen molar-refractivity contribution in [2.75, 3.05) is 11.4 Å². The van der Waals surface area contributed by atoms with E-state index in [4.69, 9.17) is 11.6 Å². The Morgan fingerprint density at radius 2 is 2.12 bits per heavy atom. The van der Waals surface area contributed by atoms with Gasteiger partial charge >= 0.3 is 6.18 Å². The zero-order chi connectivity index (χ0) is 18.0. The second-order valence-electron chi connectivity index (χ2n) is 5.77. The van der Waals surface area contributed by atoms with E-state index in [2.05, 4.69) is 15.2 Å². The van der Waals surface area contributed by atoms with Gasteiger partial charge < -0.3 is 4.90 Å². The number of anilines is 1. The third kappa shape index (κ3) is 2.00. The molecular formula is C14H10ClF3N6O. The van der Waals surface area contributed by atoms with Gasteiger partial charge in [0.2, 0.25) is 6.41 Å². The number of amides is 1. The summed E-state index contributed by atoms with van der Waals surface area (Å²) in [5, 5.41) is 7.82. The van der Waals surface area contributed by atoms with Gasteiger partial charge in [0.05, 0.1) is 30.3 Å². The molecule has 1 amide bonds. The topological polar surface area (TPSA) is 68.3 Å². The molecule has 0 aromatic carbocycles. The van der Waals surface area contributed by atoms with E-state index in [1.165, 1.54) is 30.2 Å². The minimum absolute atomic E-state index is 0.00714. The van der Waals surface area contributed by atoms with Crippen molar-refractivity contribution in [3.05, 3.63) is 41.1 Å². The van der Waals surface area contributed by atoms with Crippen LogP contribution in [0.15, 0.2) is 24.7 Å². The maximum absolute atomic E-state index is 14.4. The molecule has 1 unspecified atom stereocenters. The second kappa shape index (κ2) is 4.94. The molecule has 1 atom stereocenters. The lowest BCUT2D eigenvalue weighted by Crippen LogP contribution is -2.47. The van der Waals surface area contributed by atoms with Crippen LogP contribution >= 0.6 is 11.6 Å². The minimum atomic E-state index is -4.71. The monoisotopic (exact) mass is 370 g/mol. The normalized spacial score (nSPS) is 20.3. The van der Waals surface area contributed by atoms with Crippen molar-refractivity contribution in [2.45, 2.75) is 11.6 Å². The number of hydrogen-bond donors (Lipinski definition) is 0. The van der Waals surface area contributed by atoms with Crippen LogP contribution in [0.1, 0.15) is 11.3 Å². The number of carbonyl (C=O) groups excluding carboxylic acids is 1. The number of halogens is 4. The molecule has 0 fully saturated rings. The molecular weight excluding hydrogens is 361 g/mol. The molecule has 0 saturated carbocycles. The van der Waals surface area contributed by atoms with Gasteiger partial charge in [0.15, 0.2) is 16.2 Å². The summed E-state index contributed by atoms with van der Waals surface area (Å²) in [6.07, 6.45) is -0.719. The zero-order valence-corrected chi connectivity index (χ0v) is 13.5. The average Bonchev–Trinajstić information content (AvgIpc) is 3.19. The lowest BCUT2D eigenvalue weighted by atomic mass is 9.79. The van der Waals surface area contributed by atoms with Crippen molar-refractivity contribution in [1.82, 2.24) is 24.4 Å². The van der Waals surface area contributed by atoms with Crippen LogP contribution in [0.25, 0.3) is 5.65 Å². The van der Waals surface area contributed by atoms with Crippen molar-refractivity contribution in [2.24, 2.45) is 7.05 Å². The molecule has 1 aliphatic rings. The molecule has 3 aromatic heterocycles. The highest BCUT2D eigenvalue weighted by molar-refractivity contribution is 6.29. The predicted octanol–water partition coefficient (Wildman–Crippen LogP) is 1.94. The van der Waals surface area contributed by atoms with E-state index >= 15 is 0 Å². The molecule has 0 aliphatic carbocycles. The first kappa shape index (κ1) is 15.9.